The zero-order chi connectivity index (χ0) is 29.3. The molecule has 2 aliphatic heterocycles. The minimum atomic E-state index is -0.634. The molecular formula is C28H48BN5O5. The number of ether oxygens (including phenoxy) is 1. The summed E-state index contributed by atoms with van der Waals surface area (Å²) >= 11 is 0. The normalized spacial score (nSPS) is 21.4. The molecule has 2 amide bonds. The molecule has 1 aromatic heterocycles. The van der Waals surface area contributed by atoms with Crippen LogP contribution in [0.3, 0.4) is 0 Å². The van der Waals surface area contributed by atoms with Gasteiger partial charge >= 0.3 is 13.2 Å². The lowest BCUT2D eigenvalue weighted by atomic mass is 9.81. The van der Waals surface area contributed by atoms with E-state index >= 15 is 0 Å². The number of carbonyl (C=O) groups excluding carboxylic acids is 2. The number of nitrogens with zero attached hydrogens (tertiary/aromatic N) is 4. The van der Waals surface area contributed by atoms with Crippen LogP contribution in [-0.2, 0) is 18.8 Å². The molecule has 3 heterocycles. The summed E-state index contributed by atoms with van der Waals surface area (Å²) in [5, 5.41) is 2.78. The van der Waals surface area contributed by atoms with Crippen molar-refractivity contribution in [2.24, 2.45) is 11.8 Å². The van der Waals surface area contributed by atoms with Crippen molar-refractivity contribution in [3.8, 4) is 0 Å². The SMILES string of the molecule is CC(C)[C@@H](NC(=O)OC(C)(C)C)C(=O)N1CC[C@@H](CN(c2ncc(B3OC(C)(C)C(C)(C)O3)cn2)C(C)C)C1. The Kier molecular flexibility index (Phi) is 9.27. The summed E-state index contributed by atoms with van der Waals surface area (Å²) in [6.45, 7) is 23.6. The first-order valence-corrected chi connectivity index (χ1v) is 14.1. The summed E-state index contributed by atoms with van der Waals surface area (Å²) in [7, 11) is -0.505. The van der Waals surface area contributed by atoms with E-state index in [2.05, 4.69) is 34.0 Å². The van der Waals surface area contributed by atoms with Gasteiger partial charge in [0.1, 0.15) is 11.6 Å². The summed E-state index contributed by atoms with van der Waals surface area (Å²) in [5.74, 6) is 0.767. The Morgan fingerprint density at radius 3 is 2.18 bits per heavy atom. The third-order valence-corrected chi connectivity index (χ3v) is 7.72. The number of alkyl carbamates (subject to hydrolysis) is 1. The molecule has 2 saturated heterocycles. The molecule has 0 spiro atoms. The van der Waals surface area contributed by atoms with Gasteiger partial charge in [0.15, 0.2) is 0 Å². The van der Waals surface area contributed by atoms with Crippen LogP contribution in [0.1, 0.15) is 82.6 Å². The summed E-state index contributed by atoms with van der Waals surface area (Å²) < 4.78 is 17.7. The summed E-state index contributed by atoms with van der Waals surface area (Å²) in [6.07, 6.45) is 3.86. The first-order chi connectivity index (χ1) is 17.9. The molecular weight excluding hydrogens is 497 g/mol. The zero-order valence-electron chi connectivity index (χ0n) is 25.7. The number of hydrogen-bond acceptors (Lipinski definition) is 8. The second kappa shape index (κ2) is 11.6. The molecule has 2 fully saturated rings. The van der Waals surface area contributed by atoms with Gasteiger partial charge in [0, 0.05) is 43.5 Å². The Morgan fingerprint density at radius 1 is 1.13 bits per heavy atom. The Balaban J connectivity index is 1.63. The van der Waals surface area contributed by atoms with Crippen LogP contribution in [0.15, 0.2) is 12.4 Å². The first kappa shape index (κ1) is 31.1. The van der Waals surface area contributed by atoms with Gasteiger partial charge < -0.3 is 29.2 Å². The average molecular weight is 546 g/mol. The van der Waals surface area contributed by atoms with Crippen molar-refractivity contribution in [1.29, 1.82) is 0 Å². The summed E-state index contributed by atoms with van der Waals surface area (Å²) in [4.78, 5) is 39.1. The van der Waals surface area contributed by atoms with E-state index in [1.807, 2.05) is 46.4 Å². The molecule has 218 valence electrons. The fraction of sp³-hybridized carbons (Fsp3) is 0.786. The number of amides is 2. The number of aromatic nitrogens is 2. The van der Waals surface area contributed by atoms with Crippen molar-refractivity contribution >= 4 is 30.5 Å². The number of carbonyl (C=O) groups is 2. The maximum atomic E-state index is 13.4. The van der Waals surface area contributed by atoms with Crippen LogP contribution < -0.4 is 15.7 Å². The van der Waals surface area contributed by atoms with Gasteiger partial charge in [-0.25, -0.2) is 14.8 Å². The Hall–Kier alpha value is -2.40. The fourth-order valence-electron chi connectivity index (χ4n) is 4.71. The Morgan fingerprint density at radius 2 is 1.69 bits per heavy atom. The molecule has 0 aromatic carbocycles. The number of nitrogens with one attached hydrogen (secondary N) is 1. The number of hydrogen-bond donors (Lipinski definition) is 1. The highest BCUT2D eigenvalue weighted by Crippen LogP contribution is 2.36. The van der Waals surface area contributed by atoms with Crippen LogP contribution in [0.4, 0.5) is 10.7 Å². The lowest BCUT2D eigenvalue weighted by molar-refractivity contribution is -0.133. The summed E-state index contributed by atoms with van der Waals surface area (Å²) in [6, 6.07) is -0.458. The van der Waals surface area contributed by atoms with E-state index in [1.165, 1.54) is 0 Å². The van der Waals surface area contributed by atoms with E-state index in [1.54, 1.807) is 33.2 Å². The van der Waals surface area contributed by atoms with E-state index in [4.69, 9.17) is 14.0 Å². The van der Waals surface area contributed by atoms with E-state index in [9.17, 15) is 9.59 Å². The molecule has 39 heavy (non-hydrogen) atoms. The fourth-order valence-corrected chi connectivity index (χ4v) is 4.71. The van der Waals surface area contributed by atoms with Crippen LogP contribution in [-0.4, -0.2) is 82.5 Å². The predicted molar refractivity (Wildman–Crippen MR) is 153 cm³/mol. The zero-order valence-corrected chi connectivity index (χ0v) is 25.7. The molecule has 0 unspecified atom stereocenters. The van der Waals surface area contributed by atoms with Crippen LogP contribution >= 0.6 is 0 Å². The lowest BCUT2D eigenvalue weighted by Gasteiger charge is -2.32. The van der Waals surface area contributed by atoms with Crippen molar-refractivity contribution in [1.82, 2.24) is 20.2 Å². The minimum absolute atomic E-state index is 0.0628. The quantitative estimate of drug-likeness (QED) is 0.496. The highest BCUT2D eigenvalue weighted by Gasteiger charge is 2.52. The van der Waals surface area contributed by atoms with Gasteiger partial charge in [-0.1, -0.05) is 13.8 Å². The van der Waals surface area contributed by atoms with Gasteiger partial charge in [0.25, 0.3) is 0 Å². The van der Waals surface area contributed by atoms with Gasteiger partial charge in [0.2, 0.25) is 11.9 Å². The second-order valence-electron chi connectivity index (χ2n) is 13.5. The molecule has 10 nitrogen and oxygen atoms in total. The number of likely N-dealkylation sites (tertiary alicyclic amines) is 1. The molecule has 0 aliphatic carbocycles. The molecule has 1 N–H and O–H groups in total. The monoisotopic (exact) mass is 545 g/mol. The third-order valence-electron chi connectivity index (χ3n) is 7.72. The molecule has 0 radical (unpaired) electrons. The van der Waals surface area contributed by atoms with Crippen molar-refractivity contribution in [2.75, 3.05) is 24.5 Å². The van der Waals surface area contributed by atoms with Crippen molar-refractivity contribution in [3.05, 3.63) is 12.4 Å². The summed E-state index contributed by atoms with van der Waals surface area (Å²) in [5.41, 5.74) is -0.694. The van der Waals surface area contributed by atoms with Crippen molar-refractivity contribution in [3.63, 3.8) is 0 Å². The van der Waals surface area contributed by atoms with Gasteiger partial charge in [-0.3, -0.25) is 4.79 Å². The van der Waals surface area contributed by atoms with Crippen molar-refractivity contribution in [2.45, 2.75) is 111 Å². The average Bonchev–Trinajstić information content (AvgIpc) is 3.35. The highest BCUT2D eigenvalue weighted by atomic mass is 16.7. The van der Waals surface area contributed by atoms with Crippen LogP contribution in [0.5, 0.6) is 0 Å². The topological polar surface area (TPSA) is 106 Å². The molecule has 3 rings (SSSR count). The van der Waals surface area contributed by atoms with E-state index in [0.29, 0.717) is 19.0 Å². The molecule has 2 atom stereocenters. The predicted octanol–water partition coefficient (Wildman–Crippen LogP) is 3.39. The van der Waals surface area contributed by atoms with Crippen molar-refractivity contribution < 1.29 is 23.6 Å². The van der Waals surface area contributed by atoms with Gasteiger partial charge in [0.05, 0.1) is 11.2 Å². The van der Waals surface area contributed by atoms with Gasteiger partial charge in [-0.2, -0.15) is 0 Å². The first-order valence-electron chi connectivity index (χ1n) is 14.1. The van der Waals surface area contributed by atoms with E-state index in [0.717, 1.165) is 18.4 Å². The largest absolute Gasteiger partial charge is 0.498 e. The lowest BCUT2D eigenvalue weighted by Crippen LogP contribution is -2.51. The highest BCUT2D eigenvalue weighted by molar-refractivity contribution is 6.61. The standard InChI is InChI=1S/C28H48BN5O5/c1-18(2)22(32-25(36)37-26(5,6)7)23(35)33-13-12-20(16-33)17-34(19(3)4)24-30-14-21(15-31-24)29-38-27(8,9)28(10,11)39-29/h14-15,18-20,22H,12-13,16-17H2,1-11H3,(H,32,36)/t20-,22-/m1/s1. The molecule has 0 bridgehead atoms. The smallest absolute Gasteiger partial charge is 0.444 e. The maximum Gasteiger partial charge on any atom is 0.498 e. The Labute approximate surface area is 234 Å². The maximum absolute atomic E-state index is 13.4. The van der Waals surface area contributed by atoms with E-state index in [-0.39, 0.29) is 23.8 Å². The van der Waals surface area contributed by atoms with Crippen LogP contribution in [0.25, 0.3) is 0 Å². The number of anilines is 1. The van der Waals surface area contributed by atoms with Gasteiger partial charge in [-0.15, -0.1) is 0 Å². The van der Waals surface area contributed by atoms with Crippen LogP contribution in [0, 0.1) is 11.8 Å². The number of rotatable bonds is 8. The van der Waals surface area contributed by atoms with E-state index < -0.39 is 36.1 Å². The molecule has 1 aromatic rings. The van der Waals surface area contributed by atoms with Gasteiger partial charge in [-0.05, 0) is 80.6 Å². The molecule has 11 heteroatoms. The minimum Gasteiger partial charge on any atom is -0.444 e. The molecule has 2 aliphatic rings. The molecule has 0 saturated carbocycles. The second-order valence-corrected chi connectivity index (χ2v) is 13.5. The third kappa shape index (κ3) is 7.63. The van der Waals surface area contributed by atoms with Crippen LogP contribution in [0.2, 0.25) is 0 Å². The Bertz CT molecular complexity index is 993.